The zero-order valence-corrected chi connectivity index (χ0v) is 12.4. The highest BCUT2D eigenvalue weighted by Crippen LogP contribution is 2.22. The highest BCUT2D eigenvalue weighted by molar-refractivity contribution is 5.91. The molecule has 112 valence electrons. The summed E-state index contributed by atoms with van der Waals surface area (Å²) in [6.45, 7) is 5.44. The van der Waals surface area contributed by atoms with E-state index in [2.05, 4.69) is 5.32 Å². The minimum absolute atomic E-state index is 0.0262. The first-order valence-electron chi connectivity index (χ1n) is 6.85. The van der Waals surface area contributed by atoms with Crippen molar-refractivity contribution in [3.05, 3.63) is 23.8 Å². The molecule has 5 nitrogen and oxygen atoms in total. The summed E-state index contributed by atoms with van der Waals surface area (Å²) in [7, 11) is 1.63. The number of hydrogen-bond acceptors (Lipinski definition) is 4. The molecule has 5 heteroatoms. The lowest BCUT2D eigenvalue weighted by atomic mass is 10.1. The smallest absolute Gasteiger partial charge is 0.224 e. The first-order chi connectivity index (χ1) is 9.60. The van der Waals surface area contributed by atoms with Crippen LogP contribution in [0.2, 0.25) is 0 Å². The maximum absolute atomic E-state index is 11.9. The predicted molar refractivity (Wildman–Crippen MR) is 79.8 cm³/mol. The minimum atomic E-state index is -0.0262. The van der Waals surface area contributed by atoms with Crippen LogP contribution in [0.5, 0.6) is 5.75 Å². The van der Waals surface area contributed by atoms with Gasteiger partial charge in [0.25, 0.3) is 0 Å². The summed E-state index contributed by atoms with van der Waals surface area (Å²) in [5.74, 6) is 0.930. The molecule has 3 N–H and O–H groups in total. The largest absolute Gasteiger partial charge is 0.494 e. The zero-order chi connectivity index (χ0) is 15.0. The van der Waals surface area contributed by atoms with E-state index in [9.17, 15) is 4.79 Å². The molecule has 0 bridgehead atoms. The van der Waals surface area contributed by atoms with Crippen LogP contribution in [0.25, 0.3) is 0 Å². The van der Waals surface area contributed by atoms with Crippen molar-refractivity contribution < 1.29 is 14.3 Å². The number of nitrogens with two attached hydrogens (primary N) is 1. The van der Waals surface area contributed by atoms with Crippen LogP contribution >= 0.6 is 0 Å². The molecule has 0 saturated carbocycles. The van der Waals surface area contributed by atoms with E-state index in [1.54, 1.807) is 7.11 Å². The van der Waals surface area contributed by atoms with Crippen LogP contribution < -0.4 is 15.8 Å². The van der Waals surface area contributed by atoms with Crippen LogP contribution in [0.15, 0.2) is 18.2 Å². The van der Waals surface area contributed by atoms with E-state index < -0.39 is 0 Å². The molecule has 0 aliphatic rings. The van der Waals surface area contributed by atoms with Crippen molar-refractivity contribution >= 4 is 11.6 Å². The number of carbonyl (C=O) groups excluding carboxylic acids is 1. The minimum Gasteiger partial charge on any atom is -0.494 e. The van der Waals surface area contributed by atoms with Gasteiger partial charge in [-0.1, -0.05) is 6.92 Å². The quantitative estimate of drug-likeness (QED) is 0.765. The Hall–Kier alpha value is -1.59. The van der Waals surface area contributed by atoms with Gasteiger partial charge in [0.05, 0.1) is 6.61 Å². The summed E-state index contributed by atoms with van der Waals surface area (Å²) in [5, 5.41) is 2.87. The zero-order valence-electron chi connectivity index (χ0n) is 12.4. The van der Waals surface area contributed by atoms with Gasteiger partial charge in [-0.25, -0.2) is 0 Å². The molecule has 0 aliphatic heterocycles. The third-order valence-corrected chi connectivity index (χ3v) is 2.85. The molecule has 1 amide bonds. The van der Waals surface area contributed by atoms with Gasteiger partial charge in [-0.15, -0.1) is 0 Å². The molecule has 0 saturated heterocycles. The Morgan fingerprint density at radius 2 is 2.20 bits per heavy atom. The molecule has 0 aliphatic carbocycles. The molecule has 1 atom stereocenters. The van der Waals surface area contributed by atoms with E-state index in [1.807, 2.05) is 32.0 Å². The van der Waals surface area contributed by atoms with Crippen molar-refractivity contribution in [1.82, 2.24) is 0 Å². The number of carbonyl (C=O) groups is 1. The Balaban J connectivity index is 2.65. The lowest BCUT2D eigenvalue weighted by Crippen LogP contribution is -2.17. The number of hydrogen-bond donors (Lipinski definition) is 2. The predicted octanol–water partition coefficient (Wildman–Crippen LogP) is 2.16. The molecule has 1 aromatic carbocycles. The summed E-state index contributed by atoms with van der Waals surface area (Å²) < 4.78 is 10.5. The van der Waals surface area contributed by atoms with Crippen molar-refractivity contribution in [2.75, 3.05) is 25.6 Å². The Kier molecular flexibility index (Phi) is 7.04. The molecule has 1 aromatic rings. The third kappa shape index (κ3) is 5.19. The van der Waals surface area contributed by atoms with E-state index in [4.69, 9.17) is 15.2 Å². The van der Waals surface area contributed by atoms with E-state index in [0.29, 0.717) is 26.2 Å². The van der Waals surface area contributed by atoms with Gasteiger partial charge in [-0.2, -0.15) is 0 Å². The summed E-state index contributed by atoms with van der Waals surface area (Å²) >= 11 is 0. The lowest BCUT2D eigenvalue weighted by Gasteiger charge is -2.13. The topological polar surface area (TPSA) is 73.6 Å². The molecule has 1 unspecified atom stereocenters. The van der Waals surface area contributed by atoms with Gasteiger partial charge in [-0.05, 0) is 31.0 Å². The highest BCUT2D eigenvalue weighted by Gasteiger charge is 2.10. The molecule has 0 fully saturated rings. The summed E-state index contributed by atoms with van der Waals surface area (Å²) in [5.41, 5.74) is 7.31. The molecular weight excluding hydrogens is 256 g/mol. The third-order valence-electron chi connectivity index (χ3n) is 2.85. The van der Waals surface area contributed by atoms with Crippen molar-refractivity contribution in [3.63, 3.8) is 0 Å². The van der Waals surface area contributed by atoms with E-state index in [-0.39, 0.29) is 11.8 Å². The summed E-state index contributed by atoms with van der Waals surface area (Å²) in [4.78, 5) is 11.9. The van der Waals surface area contributed by atoms with Gasteiger partial charge < -0.3 is 20.5 Å². The molecule has 0 aromatic heterocycles. The van der Waals surface area contributed by atoms with Crippen LogP contribution in [0.4, 0.5) is 5.69 Å². The maximum atomic E-state index is 11.9. The van der Waals surface area contributed by atoms with E-state index in [1.165, 1.54) is 0 Å². The second-order valence-electron chi connectivity index (χ2n) is 4.77. The number of anilines is 1. The Morgan fingerprint density at radius 1 is 1.45 bits per heavy atom. The SMILES string of the molecule is CCOc1ccc(NC(=O)CC(C)COC)cc1CN. The normalized spacial score (nSPS) is 12.0. The average molecular weight is 280 g/mol. The van der Waals surface area contributed by atoms with Crippen LogP contribution in [-0.2, 0) is 16.1 Å². The molecule has 0 radical (unpaired) electrons. The molecule has 1 rings (SSSR count). The Labute approximate surface area is 120 Å². The van der Waals surface area contributed by atoms with Crippen LogP contribution in [0, 0.1) is 5.92 Å². The number of benzene rings is 1. The standard InChI is InChI=1S/C15H24N2O3/c1-4-20-14-6-5-13(8-12(14)9-16)17-15(18)7-11(2)10-19-3/h5-6,8,11H,4,7,9-10,16H2,1-3H3,(H,17,18). The van der Waals surface area contributed by atoms with Crippen molar-refractivity contribution in [1.29, 1.82) is 0 Å². The van der Waals surface area contributed by atoms with Crippen molar-refractivity contribution in [3.8, 4) is 5.75 Å². The summed E-state index contributed by atoms with van der Waals surface area (Å²) in [6, 6.07) is 5.51. The van der Waals surface area contributed by atoms with E-state index in [0.717, 1.165) is 17.0 Å². The average Bonchev–Trinajstić information content (AvgIpc) is 2.40. The van der Waals surface area contributed by atoms with Gasteiger partial charge in [0.2, 0.25) is 5.91 Å². The first kappa shape index (κ1) is 16.5. The number of rotatable bonds is 8. The fourth-order valence-electron chi connectivity index (χ4n) is 1.98. The van der Waals surface area contributed by atoms with Crippen molar-refractivity contribution in [2.45, 2.75) is 26.8 Å². The second kappa shape index (κ2) is 8.55. The fourth-order valence-corrected chi connectivity index (χ4v) is 1.98. The van der Waals surface area contributed by atoms with Gasteiger partial charge in [0, 0.05) is 37.9 Å². The van der Waals surface area contributed by atoms with Gasteiger partial charge >= 0.3 is 0 Å². The van der Waals surface area contributed by atoms with Gasteiger partial charge in [0.1, 0.15) is 5.75 Å². The second-order valence-corrected chi connectivity index (χ2v) is 4.77. The molecular formula is C15H24N2O3. The molecule has 20 heavy (non-hydrogen) atoms. The fraction of sp³-hybridized carbons (Fsp3) is 0.533. The van der Waals surface area contributed by atoms with E-state index >= 15 is 0 Å². The lowest BCUT2D eigenvalue weighted by molar-refractivity contribution is -0.117. The Morgan fingerprint density at radius 3 is 2.80 bits per heavy atom. The number of methoxy groups -OCH3 is 1. The van der Waals surface area contributed by atoms with Crippen LogP contribution in [-0.4, -0.2) is 26.2 Å². The summed E-state index contributed by atoms with van der Waals surface area (Å²) in [6.07, 6.45) is 0.430. The van der Waals surface area contributed by atoms with Crippen molar-refractivity contribution in [2.24, 2.45) is 11.7 Å². The number of ether oxygens (including phenoxy) is 2. The van der Waals surface area contributed by atoms with Gasteiger partial charge in [-0.3, -0.25) is 4.79 Å². The maximum Gasteiger partial charge on any atom is 0.224 e. The van der Waals surface area contributed by atoms with Crippen LogP contribution in [0.1, 0.15) is 25.8 Å². The number of nitrogens with one attached hydrogen (secondary N) is 1. The molecule has 0 spiro atoms. The first-order valence-corrected chi connectivity index (χ1v) is 6.85. The monoisotopic (exact) mass is 280 g/mol. The molecule has 0 heterocycles. The number of amides is 1. The highest BCUT2D eigenvalue weighted by atomic mass is 16.5. The van der Waals surface area contributed by atoms with Crippen LogP contribution in [0.3, 0.4) is 0 Å². The Bertz CT molecular complexity index is 435. The van der Waals surface area contributed by atoms with Gasteiger partial charge in [0.15, 0.2) is 0 Å².